The van der Waals surface area contributed by atoms with E-state index in [0.717, 1.165) is 42.0 Å². The number of ether oxygens (including phenoxy) is 2. The molecule has 0 saturated heterocycles. The summed E-state index contributed by atoms with van der Waals surface area (Å²) in [5.74, 6) is 1.92. The van der Waals surface area contributed by atoms with Crippen LogP contribution in [0.1, 0.15) is 26.2 Å². The van der Waals surface area contributed by atoms with Crippen LogP contribution in [-0.2, 0) is 4.79 Å². The summed E-state index contributed by atoms with van der Waals surface area (Å²) in [4.78, 5) is 12.0. The van der Waals surface area contributed by atoms with E-state index in [0.29, 0.717) is 0 Å². The number of hydrogen-bond donors (Lipinski definition) is 1. The van der Waals surface area contributed by atoms with E-state index < -0.39 is 0 Å². The Morgan fingerprint density at radius 2 is 2.16 bits per heavy atom. The summed E-state index contributed by atoms with van der Waals surface area (Å²) in [6.07, 6.45) is 4.78. The van der Waals surface area contributed by atoms with Gasteiger partial charge in [-0.05, 0) is 31.4 Å². The highest BCUT2D eigenvalue weighted by Crippen LogP contribution is 2.34. The van der Waals surface area contributed by atoms with Gasteiger partial charge in [-0.3, -0.25) is 4.79 Å². The van der Waals surface area contributed by atoms with Gasteiger partial charge in [0.05, 0.1) is 0 Å². The van der Waals surface area contributed by atoms with Crippen LogP contribution in [0, 0.1) is 5.92 Å². The average molecular weight is 259 g/mol. The molecule has 0 spiro atoms. The third-order valence-electron chi connectivity index (χ3n) is 3.63. The van der Waals surface area contributed by atoms with Crippen molar-refractivity contribution in [1.82, 2.24) is 0 Å². The summed E-state index contributed by atoms with van der Waals surface area (Å²) in [7, 11) is 0. The van der Waals surface area contributed by atoms with Crippen LogP contribution in [-0.4, -0.2) is 12.6 Å². The van der Waals surface area contributed by atoms with Gasteiger partial charge in [0.25, 0.3) is 0 Å². The Labute approximate surface area is 112 Å². The largest absolute Gasteiger partial charge is 0.454 e. The van der Waals surface area contributed by atoms with Gasteiger partial charge >= 0.3 is 0 Å². The fourth-order valence-corrected chi connectivity index (χ4v) is 2.47. The number of benzene rings is 1. The lowest BCUT2D eigenvalue weighted by Crippen LogP contribution is -2.19. The van der Waals surface area contributed by atoms with Gasteiger partial charge < -0.3 is 14.8 Å². The maximum absolute atomic E-state index is 12.0. The van der Waals surface area contributed by atoms with Gasteiger partial charge in [-0.1, -0.05) is 6.92 Å². The standard InChI is InChI=1S/C15H17NO3/c1-10-3-2-4-11(15(10)17)8-16-12-5-6-13-14(7-12)19-9-18-13/h5-8,10,16H,2-4,9H2,1H3/b11-8-. The molecular weight excluding hydrogens is 242 g/mol. The average Bonchev–Trinajstić information content (AvgIpc) is 2.88. The van der Waals surface area contributed by atoms with E-state index in [-0.39, 0.29) is 18.5 Å². The van der Waals surface area contributed by atoms with E-state index >= 15 is 0 Å². The molecule has 1 aromatic carbocycles. The van der Waals surface area contributed by atoms with Gasteiger partial charge in [0.1, 0.15) is 0 Å². The molecule has 1 heterocycles. The predicted octanol–water partition coefficient (Wildman–Crippen LogP) is 3.10. The molecule has 1 aromatic rings. The zero-order valence-electron chi connectivity index (χ0n) is 10.9. The SMILES string of the molecule is CC1CCC/C(=C/Nc2ccc3c(c2)OCO3)C1=O. The first-order valence-corrected chi connectivity index (χ1v) is 6.63. The smallest absolute Gasteiger partial charge is 0.231 e. The number of Topliss-reactive ketones (excluding diaryl/α,β-unsaturated/α-hetero) is 1. The van der Waals surface area contributed by atoms with Crippen molar-refractivity contribution in [1.29, 1.82) is 0 Å². The van der Waals surface area contributed by atoms with Gasteiger partial charge in [0.2, 0.25) is 6.79 Å². The Bertz CT molecular complexity index is 536. The van der Waals surface area contributed by atoms with E-state index in [9.17, 15) is 4.79 Å². The molecule has 0 bridgehead atoms. The lowest BCUT2D eigenvalue weighted by atomic mass is 9.86. The van der Waals surface area contributed by atoms with Gasteiger partial charge in [0, 0.05) is 29.4 Å². The van der Waals surface area contributed by atoms with Crippen molar-refractivity contribution in [3.05, 3.63) is 30.0 Å². The summed E-state index contributed by atoms with van der Waals surface area (Å²) in [6.45, 7) is 2.27. The molecule has 100 valence electrons. The summed E-state index contributed by atoms with van der Waals surface area (Å²) < 4.78 is 10.6. The summed E-state index contributed by atoms with van der Waals surface area (Å²) in [5, 5.41) is 3.18. The maximum atomic E-state index is 12.0. The Kier molecular flexibility index (Phi) is 3.15. The van der Waals surface area contributed by atoms with Crippen LogP contribution in [0.3, 0.4) is 0 Å². The number of ketones is 1. The van der Waals surface area contributed by atoms with Crippen LogP contribution < -0.4 is 14.8 Å². The molecule has 19 heavy (non-hydrogen) atoms. The minimum absolute atomic E-state index is 0.151. The number of hydrogen-bond acceptors (Lipinski definition) is 4. The number of nitrogens with one attached hydrogen (secondary N) is 1. The lowest BCUT2D eigenvalue weighted by Gasteiger charge is -2.19. The number of fused-ring (bicyclic) bond motifs is 1. The molecule has 4 heteroatoms. The zero-order valence-corrected chi connectivity index (χ0v) is 10.9. The van der Waals surface area contributed by atoms with Crippen LogP contribution >= 0.6 is 0 Å². The van der Waals surface area contributed by atoms with Gasteiger partial charge in [-0.25, -0.2) is 0 Å². The van der Waals surface area contributed by atoms with Crippen LogP contribution in [0.25, 0.3) is 0 Å². The molecule has 1 saturated carbocycles. The highest BCUT2D eigenvalue weighted by molar-refractivity contribution is 5.97. The maximum Gasteiger partial charge on any atom is 0.231 e. The minimum Gasteiger partial charge on any atom is -0.454 e. The van der Waals surface area contributed by atoms with Crippen LogP contribution in [0.5, 0.6) is 11.5 Å². The molecule has 1 N–H and O–H groups in total. The van der Waals surface area contributed by atoms with Crippen molar-refractivity contribution < 1.29 is 14.3 Å². The van der Waals surface area contributed by atoms with Crippen molar-refractivity contribution in [2.24, 2.45) is 5.92 Å². The number of rotatable bonds is 2. The Balaban J connectivity index is 1.73. The number of carbonyl (C=O) groups excluding carboxylic acids is 1. The Morgan fingerprint density at radius 1 is 1.32 bits per heavy atom. The van der Waals surface area contributed by atoms with Crippen molar-refractivity contribution in [2.45, 2.75) is 26.2 Å². The molecule has 4 nitrogen and oxygen atoms in total. The highest BCUT2D eigenvalue weighted by atomic mass is 16.7. The summed E-state index contributed by atoms with van der Waals surface area (Å²) in [6, 6.07) is 5.67. The predicted molar refractivity (Wildman–Crippen MR) is 72.3 cm³/mol. The topological polar surface area (TPSA) is 47.6 Å². The highest BCUT2D eigenvalue weighted by Gasteiger charge is 2.22. The first-order chi connectivity index (χ1) is 9.24. The Hall–Kier alpha value is -1.97. The van der Waals surface area contributed by atoms with Crippen molar-refractivity contribution in [3.8, 4) is 11.5 Å². The third-order valence-corrected chi connectivity index (χ3v) is 3.63. The summed E-state index contributed by atoms with van der Waals surface area (Å²) >= 11 is 0. The minimum atomic E-state index is 0.151. The number of carbonyl (C=O) groups is 1. The van der Waals surface area contributed by atoms with E-state index in [1.807, 2.05) is 31.3 Å². The summed E-state index contributed by atoms with van der Waals surface area (Å²) in [5.41, 5.74) is 1.79. The first kappa shape index (κ1) is 12.1. The molecule has 3 rings (SSSR count). The molecule has 1 atom stereocenters. The molecule has 1 aliphatic carbocycles. The quantitative estimate of drug-likeness (QED) is 0.829. The fourth-order valence-electron chi connectivity index (χ4n) is 2.47. The molecular formula is C15H17NO3. The van der Waals surface area contributed by atoms with Gasteiger partial charge in [0.15, 0.2) is 17.3 Å². The molecule has 0 amide bonds. The Morgan fingerprint density at radius 3 is 3.05 bits per heavy atom. The van der Waals surface area contributed by atoms with Crippen LogP contribution in [0.4, 0.5) is 5.69 Å². The van der Waals surface area contributed by atoms with Gasteiger partial charge in [-0.2, -0.15) is 0 Å². The van der Waals surface area contributed by atoms with E-state index in [1.54, 1.807) is 0 Å². The van der Waals surface area contributed by atoms with Crippen LogP contribution in [0.2, 0.25) is 0 Å². The molecule has 1 unspecified atom stereocenters. The first-order valence-electron chi connectivity index (χ1n) is 6.63. The monoisotopic (exact) mass is 259 g/mol. The second-order valence-corrected chi connectivity index (χ2v) is 5.04. The molecule has 2 aliphatic rings. The zero-order chi connectivity index (χ0) is 13.2. The normalized spacial score (nSPS) is 23.7. The number of anilines is 1. The second kappa shape index (κ2) is 4.96. The van der Waals surface area contributed by atoms with E-state index in [4.69, 9.17) is 9.47 Å². The van der Waals surface area contributed by atoms with E-state index in [2.05, 4.69) is 5.32 Å². The third kappa shape index (κ3) is 2.43. The molecule has 0 radical (unpaired) electrons. The van der Waals surface area contributed by atoms with Crippen molar-refractivity contribution in [3.63, 3.8) is 0 Å². The molecule has 1 fully saturated rings. The fraction of sp³-hybridized carbons (Fsp3) is 0.400. The second-order valence-electron chi connectivity index (χ2n) is 5.04. The lowest BCUT2D eigenvalue weighted by molar-refractivity contribution is -0.119. The molecule has 1 aliphatic heterocycles. The number of allylic oxidation sites excluding steroid dienone is 1. The van der Waals surface area contributed by atoms with E-state index in [1.165, 1.54) is 0 Å². The van der Waals surface area contributed by atoms with Crippen molar-refractivity contribution >= 4 is 11.5 Å². The van der Waals surface area contributed by atoms with Crippen molar-refractivity contribution in [2.75, 3.05) is 12.1 Å². The van der Waals surface area contributed by atoms with Gasteiger partial charge in [-0.15, -0.1) is 0 Å². The molecule has 0 aromatic heterocycles. The van der Waals surface area contributed by atoms with Crippen LogP contribution in [0.15, 0.2) is 30.0 Å².